The van der Waals surface area contributed by atoms with E-state index >= 15 is 0 Å². The lowest BCUT2D eigenvalue weighted by Gasteiger charge is -2.34. The van der Waals surface area contributed by atoms with Crippen molar-refractivity contribution in [3.8, 4) is 0 Å². The first kappa shape index (κ1) is 20.7. The number of ketones is 1. The Balaban J connectivity index is 1.66. The third kappa shape index (κ3) is 3.90. The molecule has 8 heteroatoms. The average Bonchev–Trinajstić information content (AvgIpc) is 3.18. The number of benzene rings is 2. The first-order valence-corrected chi connectivity index (χ1v) is 10.3. The fourth-order valence-corrected chi connectivity index (χ4v) is 4.39. The van der Waals surface area contributed by atoms with E-state index in [0.29, 0.717) is 5.56 Å². The Kier molecular flexibility index (Phi) is 5.99. The summed E-state index contributed by atoms with van der Waals surface area (Å²) in [5, 5.41) is 3.21. The minimum Gasteiger partial charge on any atom is -0.468 e. The molecule has 2 heterocycles. The van der Waals surface area contributed by atoms with Crippen LogP contribution in [0.25, 0.3) is 0 Å². The van der Waals surface area contributed by atoms with Gasteiger partial charge in [-0.15, -0.1) is 0 Å². The van der Waals surface area contributed by atoms with Crippen LogP contribution in [-0.4, -0.2) is 43.8 Å². The fraction of sp³-hybridized carbons (Fsp3) is 0.318. The van der Waals surface area contributed by atoms with Crippen molar-refractivity contribution in [1.82, 2.24) is 5.32 Å². The number of halogens is 1. The SMILES string of the molecule is COC(=O)[C@H]1N[C@@H](c2ccc(Br)cc2)[C@H]2C(=O)CO[C@H](OC(=O)c3ccccc3)[C@H]21. The van der Waals surface area contributed by atoms with Gasteiger partial charge in [0.25, 0.3) is 0 Å². The minimum absolute atomic E-state index is 0.154. The number of fused-ring (bicyclic) bond motifs is 1. The van der Waals surface area contributed by atoms with Crippen molar-refractivity contribution in [2.75, 3.05) is 13.7 Å². The van der Waals surface area contributed by atoms with Crippen molar-refractivity contribution in [1.29, 1.82) is 0 Å². The van der Waals surface area contributed by atoms with Crippen LogP contribution in [0.4, 0.5) is 0 Å². The van der Waals surface area contributed by atoms with Gasteiger partial charge in [-0.2, -0.15) is 0 Å². The van der Waals surface area contributed by atoms with Crippen molar-refractivity contribution in [3.63, 3.8) is 0 Å². The van der Waals surface area contributed by atoms with E-state index in [4.69, 9.17) is 14.2 Å². The van der Waals surface area contributed by atoms with Crippen molar-refractivity contribution >= 4 is 33.7 Å². The Morgan fingerprint density at radius 2 is 1.80 bits per heavy atom. The number of hydrogen-bond donors (Lipinski definition) is 1. The van der Waals surface area contributed by atoms with E-state index in [2.05, 4.69) is 21.2 Å². The minimum atomic E-state index is -1.06. The Hall–Kier alpha value is -2.55. The second-order valence-electron chi connectivity index (χ2n) is 7.22. The summed E-state index contributed by atoms with van der Waals surface area (Å²) in [7, 11) is 1.28. The molecule has 2 aromatic carbocycles. The van der Waals surface area contributed by atoms with E-state index in [9.17, 15) is 14.4 Å². The smallest absolute Gasteiger partial charge is 0.340 e. The van der Waals surface area contributed by atoms with Gasteiger partial charge >= 0.3 is 11.9 Å². The van der Waals surface area contributed by atoms with E-state index in [-0.39, 0.29) is 12.4 Å². The van der Waals surface area contributed by atoms with Gasteiger partial charge in [-0.05, 0) is 29.8 Å². The number of Topliss-reactive ketones (excluding diaryl/α,β-unsaturated/α-hetero) is 1. The van der Waals surface area contributed by atoms with Crippen molar-refractivity contribution in [3.05, 3.63) is 70.2 Å². The maximum atomic E-state index is 12.8. The van der Waals surface area contributed by atoms with Crippen LogP contribution in [0.3, 0.4) is 0 Å². The number of esters is 2. The van der Waals surface area contributed by atoms with Crippen molar-refractivity contribution in [2.24, 2.45) is 11.8 Å². The van der Waals surface area contributed by atoms with Gasteiger partial charge in [0.15, 0.2) is 5.78 Å². The standard InChI is InChI=1S/C22H20BrNO6/c1-28-21(27)19-17-16(18(24-19)12-7-9-14(23)10-8-12)15(25)11-29-22(17)30-20(26)13-5-3-2-4-6-13/h2-10,16-19,22,24H,11H2,1H3/t16-,17+,18-,19-,22+/m0/s1. The molecule has 0 spiro atoms. The molecule has 0 amide bonds. The molecule has 0 saturated carbocycles. The lowest BCUT2D eigenvalue weighted by atomic mass is 9.79. The highest BCUT2D eigenvalue weighted by atomic mass is 79.9. The van der Waals surface area contributed by atoms with Crippen molar-refractivity contribution < 1.29 is 28.6 Å². The molecule has 0 aliphatic carbocycles. The third-order valence-electron chi connectivity index (χ3n) is 5.51. The second kappa shape index (κ2) is 8.67. The number of methoxy groups -OCH3 is 1. The molecule has 1 N–H and O–H groups in total. The molecule has 0 unspecified atom stereocenters. The maximum absolute atomic E-state index is 12.8. The van der Waals surface area contributed by atoms with Gasteiger partial charge in [-0.3, -0.25) is 14.9 Å². The number of nitrogens with one attached hydrogen (secondary N) is 1. The number of ether oxygens (including phenoxy) is 3. The zero-order chi connectivity index (χ0) is 21.3. The molecule has 2 aromatic rings. The Bertz CT molecular complexity index is 948. The summed E-state index contributed by atoms with van der Waals surface area (Å²) in [6.45, 7) is -0.198. The molecule has 5 atom stereocenters. The van der Waals surface area contributed by atoms with Gasteiger partial charge in [-0.1, -0.05) is 46.3 Å². The molecule has 2 fully saturated rings. The molecule has 7 nitrogen and oxygen atoms in total. The van der Waals surface area contributed by atoms with E-state index in [1.54, 1.807) is 30.3 Å². The molecule has 0 bridgehead atoms. The number of carbonyl (C=O) groups is 3. The van der Waals surface area contributed by atoms with Gasteiger partial charge in [0.05, 0.1) is 24.5 Å². The Labute approximate surface area is 181 Å². The Morgan fingerprint density at radius 1 is 1.10 bits per heavy atom. The van der Waals surface area contributed by atoms with Crippen LogP contribution < -0.4 is 5.32 Å². The van der Waals surface area contributed by atoms with Gasteiger partial charge in [0.1, 0.15) is 12.6 Å². The summed E-state index contributed by atoms with van der Waals surface area (Å²) < 4.78 is 17.0. The summed E-state index contributed by atoms with van der Waals surface area (Å²) >= 11 is 3.40. The average molecular weight is 474 g/mol. The van der Waals surface area contributed by atoms with Crippen LogP contribution in [0, 0.1) is 11.8 Å². The van der Waals surface area contributed by atoms with E-state index in [1.807, 2.05) is 24.3 Å². The first-order valence-electron chi connectivity index (χ1n) is 9.49. The molecule has 2 aliphatic rings. The largest absolute Gasteiger partial charge is 0.468 e. The van der Waals surface area contributed by atoms with E-state index in [0.717, 1.165) is 10.0 Å². The van der Waals surface area contributed by atoms with Crippen LogP contribution in [-0.2, 0) is 23.8 Å². The summed E-state index contributed by atoms with van der Waals surface area (Å²) in [5.41, 5.74) is 1.21. The third-order valence-corrected chi connectivity index (χ3v) is 6.04. The zero-order valence-corrected chi connectivity index (χ0v) is 17.7. The van der Waals surface area contributed by atoms with Crippen LogP contribution in [0.15, 0.2) is 59.1 Å². The fourth-order valence-electron chi connectivity index (χ4n) is 4.12. The highest BCUT2D eigenvalue weighted by molar-refractivity contribution is 9.10. The first-order chi connectivity index (χ1) is 14.5. The lowest BCUT2D eigenvalue weighted by Crippen LogP contribution is -2.49. The second-order valence-corrected chi connectivity index (χ2v) is 8.13. The van der Waals surface area contributed by atoms with E-state index < -0.39 is 42.1 Å². The van der Waals surface area contributed by atoms with Gasteiger partial charge in [0, 0.05) is 10.5 Å². The zero-order valence-electron chi connectivity index (χ0n) is 16.1. The van der Waals surface area contributed by atoms with E-state index in [1.165, 1.54) is 7.11 Å². The van der Waals surface area contributed by atoms with Gasteiger partial charge in [0.2, 0.25) is 6.29 Å². The number of hydrogen-bond acceptors (Lipinski definition) is 7. The summed E-state index contributed by atoms with van der Waals surface area (Å²) in [5.74, 6) is -2.58. The van der Waals surface area contributed by atoms with Crippen LogP contribution in [0.5, 0.6) is 0 Å². The summed E-state index contributed by atoms with van der Waals surface area (Å²) in [6, 6.07) is 14.7. The molecule has 0 radical (unpaired) electrons. The predicted molar refractivity (Wildman–Crippen MR) is 109 cm³/mol. The highest BCUT2D eigenvalue weighted by Gasteiger charge is 2.57. The Morgan fingerprint density at radius 3 is 2.47 bits per heavy atom. The molecule has 30 heavy (non-hydrogen) atoms. The monoisotopic (exact) mass is 473 g/mol. The summed E-state index contributed by atoms with van der Waals surface area (Å²) in [4.78, 5) is 37.9. The molecule has 2 aliphatic heterocycles. The number of carbonyl (C=O) groups excluding carboxylic acids is 3. The quantitative estimate of drug-likeness (QED) is 0.682. The lowest BCUT2D eigenvalue weighted by molar-refractivity contribution is -0.188. The van der Waals surface area contributed by atoms with Gasteiger partial charge in [-0.25, -0.2) is 4.79 Å². The normalized spacial score (nSPS) is 27.9. The maximum Gasteiger partial charge on any atom is 0.340 e. The molecular weight excluding hydrogens is 454 g/mol. The number of rotatable bonds is 4. The van der Waals surface area contributed by atoms with Crippen LogP contribution in [0.1, 0.15) is 22.0 Å². The van der Waals surface area contributed by atoms with Crippen LogP contribution in [0.2, 0.25) is 0 Å². The topological polar surface area (TPSA) is 90.9 Å². The molecule has 156 valence electrons. The molecule has 0 aromatic heterocycles. The van der Waals surface area contributed by atoms with Gasteiger partial charge < -0.3 is 14.2 Å². The predicted octanol–water partition coefficient (Wildman–Crippen LogP) is 2.65. The van der Waals surface area contributed by atoms with Crippen molar-refractivity contribution in [2.45, 2.75) is 18.4 Å². The highest BCUT2D eigenvalue weighted by Crippen LogP contribution is 2.44. The van der Waals surface area contributed by atoms with Crippen LogP contribution >= 0.6 is 15.9 Å². The molecular formula is C22H20BrNO6. The molecule has 2 saturated heterocycles. The summed E-state index contributed by atoms with van der Waals surface area (Å²) in [6.07, 6.45) is -1.06. The molecule has 4 rings (SSSR count).